The number of nitrogens with zero attached hydrogens (tertiary/aromatic N) is 5. The summed E-state index contributed by atoms with van der Waals surface area (Å²) in [6, 6.07) is 18.1. The van der Waals surface area contributed by atoms with Gasteiger partial charge in [-0.3, -0.25) is 4.79 Å². The molecule has 1 heterocycles. The van der Waals surface area contributed by atoms with Gasteiger partial charge >= 0.3 is 0 Å². The Labute approximate surface area is 218 Å². The quantitative estimate of drug-likeness (QED) is 0.244. The van der Waals surface area contributed by atoms with Gasteiger partial charge in [0.25, 0.3) is 5.91 Å². The molecule has 182 valence electrons. The molecule has 3 rings (SSSR count). The number of benzene rings is 2. The van der Waals surface area contributed by atoms with Gasteiger partial charge in [0.1, 0.15) is 12.4 Å². The summed E-state index contributed by atoms with van der Waals surface area (Å²) < 4.78 is 1.94. The minimum atomic E-state index is 0. The lowest BCUT2D eigenvalue weighted by Gasteiger charge is -2.19. The third kappa shape index (κ3) is 7.54. The molecule has 0 aliphatic rings. The maximum Gasteiger partial charge on any atom is 0.253 e. The van der Waals surface area contributed by atoms with Crippen LogP contribution in [0.3, 0.4) is 0 Å². The van der Waals surface area contributed by atoms with E-state index in [1.54, 1.807) is 19.0 Å². The summed E-state index contributed by atoms with van der Waals surface area (Å²) in [4.78, 5) is 18.6. The van der Waals surface area contributed by atoms with E-state index in [1.165, 1.54) is 5.56 Å². The topological polar surface area (TPSA) is 87.4 Å². The number of halogens is 1. The van der Waals surface area contributed by atoms with Gasteiger partial charge in [-0.2, -0.15) is 0 Å². The van der Waals surface area contributed by atoms with Gasteiger partial charge in [0.2, 0.25) is 0 Å². The van der Waals surface area contributed by atoms with Crippen molar-refractivity contribution < 1.29 is 4.79 Å². The van der Waals surface area contributed by atoms with Gasteiger partial charge in [-0.25, -0.2) is 4.99 Å². The normalized spacial score (nSPS) is 12.0. The van der Waals surface area contributed by atoms with E-state index < -0.39 is 0 Å². The van der Waals surface area contributed by atoms with Crippen LogP contribution in [0.2, 0.25) is 0 Å². The van der Waals surface area contributed by atoms with Gasteiger partial charge < -0.3 is 20.1 Å². The zero-order chi connectivity index (χ0) is 23.8. The first-order valence-corrected chi connectivity index (χ1v) is 11.1. The van der Waals surface area contributed by atoms with Crippen LogP contribution >= 0.6 is 24.0 Å². The standard InChI is InChI=1S/C25H33N7O.HI/c1-18(21-11-7-6-8-12-21)28-25(27-17-23-30-29-19(2)32(23)5)26-15-14-20-10-9-13-22(16-20)24(33)31(3)4;/h6-13,16,18H,14-15,17H2,1-5H3,(H2,26,27,28);1H. The summed E-state index contributed by atoms with van der Waals surface area (Å²) in [5.41, 5.74) is 2.96. The van der Waals surface area contributed by atoms with Gasteiger partial charge in [0, 0.05) is 33.3 Å². The molecule has 0 saturated carbocycles. The van der Waals surface area contributed by atoms with Crippen LogP contribution < -0.4 is 10.6 Å². The number of hydrogen-bond donors (Lipinski definition) is 2. The molecule has 2 N–H and O–H groups in total. The Morgan fingerprint density at radius 3 is 2.50 bits per heavy atom. The lowest BCUT2D eigenvalue weighted by Crippen LogP contribution is -2.39. The molecule has 0 aliphatic heterocycles. The lowest BCUT2D eigenvalue weighted by molar-refractivity contribution is 0.0827. The van der Waals surface area contributed by atoms with Gasteiger partial charge in [-0.05, 0) is 43.5 Å². The SMILES string of the molecule is Cc1nnc(CN=C(NCCc2cccc(C(=O)N(C)C)c2)NC(C)c2ccccc2)n1C.I. The molecule has 0 saturated heterocycles. The molecular weight excluding hydrogens is 541 g/mol. The van der Waals surface area contributed by atoms with Crippen LogP contribution in [0.1, 0.15) is 46.1 Å². The number of nitrogens with one attached hydrogen (secondary N) is 2. The Balaban J connectivity index is 0.00000408. The van der Waals surface area contributed by atoms with Crippen molar-refractivity contribution in [1.29, 1.82) is 0 Å². The number of rotatable bonds is 8. The first-order chi connectivity index (χ1) is 15.8. The zero-order valence-electron chi connectivity index (χ0n) is 20.4. The molecule has 2 aromatic carbocycles. The highest BCUT2D eigenvalue weighted by Gasteiger charge is 2.11. The van der Waals surface area contributed by atoms with E-state index in [0.717, 1.165) is 23.6 Å². The van der Waals surface area contributed by atoms with Crippen LogP contribution in [0, 0.1) is 6.92 Å². The van der Waals surface area contributed by atoms with E-state index in [0.29, 0.717) is 24.6 Å². The Kier molecular flexibility index (Phi) is 10.5. The summed E-state index contributed by atoms with van der Waals surface area (Å²) in [6.07, 6.45) is 0.762. The maximum absolute atomic E-state index is 12.3. The van der Waals surface area contributed by atoms with Crippen molar-refractivity contribution in [2.24, 2.45) is 12.0 Å². The van der Waals surface area contributed by atoms with Crippen LogP contribution in [0.5, 0.6) is 0 Å². The highest BCUT2D eigenvalue weighted by Crippen LogP contribution is 2.11. The monoisotopic (exact) mass is 575 g/mol. The number of guanidine groups is 1. The molecule has 0 spiro atoms. The maximum atomic E-state index is 12.3. The third-order valence-electron chi connectivity index (χ3n) is 5.50. The van der Waals surface area contributed by atoms with E-state index >= 15 is 0 Å². The van der Waals surface area contributed by atoms with Crippen molar-refractivity contribution in [3.8, 4) is 0 Å². The van der Waals surface area contributed by atoms with Crippen molar-refractivity contribution in [3.63, 3.8) is 0 Å². The van der Waals surface area contributed by atoms with Crippen molar-refractivity contribution in [2.45, 2.75) is 32.9 Å². The minimum Gasteiger partial charge on any atom is -0.356 e. The van der Waals surface area contributed by atoms with Crippen LogP contribution in [-0.4, -0.2) is 52.2 Å². The number of aryl methyl sites for hydroxylation is 1. The molecule has 1 atom stereocenters. The van der Waals surface area contributed by atoms with E-state index in [2.05, 4.69) is 39.9 Å². The van der Waals surface area contributed by atoms with Crippen LogP contribution in [0.25, 0.3) is 0 Å². The average Bonchev–Trinajstić information content (AvgIpc) is 3.14. The predicted molar refractivity (Wildman–Crippen MR) is 146 cm³/mol. The summed E-state index contributed by atoms with van der Waals surface area (Å²) in [7, 11) is 5.46. The van der Waals surface area contributed by atoms with E-state index in [-0.39, 0.29) is 35.9 Å². The van der Waals surface area contributed by atoms with Crippen LogP contribution in [-0.2, 0) is 20.0 Å². The van der Waals surface area contributed by atoms with Gasteiger partial charge in [0.05, 0.1) is 6.04 Å². The predicted octanol–water partition coefficient (Wildman–Crippen LogP) is 3.48. The Hall–Kier alpha value is -2.95. The first-order valence-electron chi connectivity index (χ1n) is 11.1. The summed E-state index contributed by atoms with van der Waals surface area (Å²) in [6.45, 7) is 5.12. The van der Waals surface area contributed by atoms with E-state index in [1.807, 2.05) is 61.0 Å². The molecule has 3 aromatic rings. The second-order valence-corrected chi connectivity index (χ2v) is 8.24. The van der Waals surface area contributed by atoms with Crippen LogP contribution in [0.15, 0.2) is 59.6 Å². The second-order valence-electron chi connectivity index (χ2n) is 8.24. The summed E-state index contributed by atoms with van der Waals surface area (Å²) in [5, 5.41) is 15.2. The Morgan fingerprint density at radius 1 is 1.12 bits per heavy atom. The van der Waals surface area contributed by atoms with Gasteiger partial charge in [-0.1, -0.05) is 42.5 Å². The fraction of sp³-hybridized carbons (Fsp3) is 0.360. The van der Waals surface area contributed by atoms with Crippen molar-refractivity contribution in [3.05, 3.63) is 82.9 Å². The van der Waals surface area contributed by atoms with Crippen molar-refractivity contribution in [2.75, 3.05) is 20.6 Å². The van der Waals surface area contributed by atoms with Crippen molar-refractivity contribution in [1.82, 2.24) is 30.3 Å². The minimum absolute atomic E-state index is 0. The number of hydrogen-bond acceptors (Lipinski definition) is 4. The second kappa shape index (κ2) is 13.1. The fourth-order valence-electron chi connectivity index (χ4n) is 3.36. The molecular formula is C25H34IN7O. The molecule has 8 nitrogen and oxygen atoms in total. The molecule has 34 heavy (non-hydrogen) atoms. The smallest absolute Gasteiger partial charge is 0.253 e. The average molecular weight is 575 g/mol. The Bertz CT molecular complexity index is 1100. The van der Waals surface area contributed by atoms with Gasteiger partial charge in [-0.15, -0.1) is 34.2 Å². The number of aromatic nitrogens is 3. The number of aliphatic imine (C=N–C) groups is 1. The Morgan fingerprint density at radius 2 is 1.85 bits per heavy atom. The molecule has 0 bridgehead atoms. The number of carbonyl (C=O) groups excluding carboxylic acids is 1. The molecule has 1 aromatic heterocycles. The number of amides is 1. The summed E-state index contributed by atoms with van der Waals surface area (Å²) in [5.74, 6) is 2.36. The third-order valence-corrected chi connectivity index (χ3v) is 5.50. The number of carbonyl (C=O) groups is 1. The van der Waals surface area contributed by atoms with Gasteiger partial charge in [0.15, 0.2) is 11.8 Å². The highest BCUT2D eigenvalue weighted by atomic mass is 127. The molecule has 1 amide bonds. The van der Waals surface area contributed by atoms with Crippen LogP contribution in [0.4, 0.5) is 0 Å². The zero-order valence-corrected chi connectivity index (χ0v) is 22.8. The fourth-order valence-corrected chi connectivity index (χ4v) is 3.36. The molecule has 0 aliphatic carbocycles. The lowest BCUT2D eigenvalue weighted by atomic mass is 10.1. The molecule has 1 unspecified atom stereocenters. The molecule has 0 fully saturated rings. The largest absolute Gasteiger partial charge is 0.356 e. The molecule has 0 radical (unpaired) electrons. The van der Waals surface area contributed by atoms with E-state index in [9.17, 15) is 4.79 Å². The first kappa shape index (κ1) is 27.3. The highest BCUT2D eigenvalue weighted by molar-refractivity contribution is 14.0. The summed E-state index contributed by atoms with van der Waals surface area (Å²) >= 11 is 0. The van der Waals surface area contributed by atoms with E-state index in [4.69, 9.17) is 4.99 Å². The van der Waals surface area contributed by atoms with Crippen molar-refractivity contribution >= 4 is 35.8 Å². The molecule has 9 heteroatoms.